The summed E-state index contributed by atoms with van der Waals surface area (Å²) in [5.41, 5.74) is 18.8. The van der Waals surface area contributed by atoms with Gasteiger partial charge in [-0.05, 0) is 162 Å². The Morgan fingerprint density at radius 1 is 0.583 bits per heavy atom. The number of hydrogen-bond acceptors (Lipinski definition) is 12. The van der Waals surface area contributed by atoms with E-state index in [2.05, 4.69) is 79.0 Å². The lowest BCUT2D eigenvalue weighted by atomic mass is 9.89. The van der Waals surface area contributed by atoms with Gasteiger partial charge in [0.2, 0.25) is 0 Å². The summed E-state index contributed by atoms with van der Waals surface area (Å²) in [6.07, 6.45) is 15.1. The molecule has 4 fully saturated rings. The van der Waals surface area contributed by atoms with Crippen molar-refractivity contribution in [3.8, 4) is 0 Å². The number of piperidine rings is 2. The van der Waals surface area contributed by atoms with Gasteiger partial charge in [-0.3, -0.25) is 28.5 Å². The third kappa shape index (κ3) is 11.9. The van der Waals surface area contributed by atoms with Crippen molar-refractivity contribution in [3.63, 3.8) is 0 Å². The summed E-state index contributed by atoms with van der Waals surface area (Å²) in [6, 6.07) is 15.7. The lowest BCUT2D eigenvalue weighted by molar-refractivity contribution is -0.146. The van der Waals surface area contributed by atoms with Crippen LogP contribution < -0.4 is 22.1 Å². The second-order valence-electron chi connectivity index (χ2n) is 21.2. The van der Waals surface area contributed by atoms with Crippen molar-refractivity contribution >= 4 is 68.4 Å². The highest BCUT2D eigenvalue weighted by molar-refractivity contribution is 6.40. The molecule has 2 saturated carbocycles. The van der Waals surface area contributed by atoms with Gasteiger partial charge in [0.15, 0.2) is 0 Å². The number of likely N-dealkylation sites (tertiary alicyclic amines) is 2. The summed E-state index contributed by atoms with van der Waals surface area (Å²) in [4.78, 5) is 69.0. The SMILES string of the molecule is C[C@@H]1CC[C@@H](c2ccc3nn(CCN(C)C)cc3c2)N(C(=O)C(=O)Nc2cnc(N)c(C3CC3)c2)C1.C[C@H]1CC[C@H](c2ccc3nn(CCN(C)C)cc3c2)N(C(=O)C(=O)Nc2cnc(N)c(C3CC3)c2)C1. The van der Waals surface area contributed by atoms with Crippen LogP contribution in [0.25, 0.3) is 21.8 Å². The van der Waals surface area contributed by atoms with Crippen LogP contribution in [0.15, 0.2) is 73.3 Å². The molecule has 72 heavy (non-hydrogen) atoms. The Kier molecular flexibility index (Phi) is 14.9. The number of nitrogens with two attached hydrogens (primary N) is 2. The van der Waals surface area contributed by atoms with E-state index in [-0.39, 0.29) is 12.1 Å². The van der Waals surface area contributed by atoms with E-state index in [1.807, 2.05) is 74.0 Å². The number of fused-ring (bicyclic) bond motifs is 2. The molecule has 6 aromatic rings. The summed E-state index contributed by atoms with van der Waals surface area (Å²) in [7, 11) is 8.18. The zero-order valence-electron chi connectivity index (χ0n) is 42.6. The van der Waals surface area contributed by atoms with E-state index < -0.39 is 23.6 Å². The molecule has 2 aliphatic heterocycles. The van der Waals surface area contributed by atoms with Crippen molar-refractivity contribution in [2.75, 3.05) is 76.5 Å². The molecule has 0 bridgehead atoms. The number of pyridine rings is 2. The van der Waals surface area contributed by atoms with Crippen LogP contribution in [0.1, 0.15) is 111 Å². The molecule has 0 radical (unpaired) electrons. The number of benzene rings is 2. The predicted octanol–water partition coefficient (Wildman–Crippen LogP) is 6.78. The van der Waals surface area contributed by atoms with Gasteiger partial charge >= 0.3 is 23.6 Å². The Labute approximate surface area is 421 Å². The fraction of sp³-hybridized carbons (Fsp3) is 0.481. The first-order chi connectivity index (χ1) is 34.6. The fourth-order valence-corrected chi connectivity index (χ4v) is 10.1. The molecule has 4 aliphatic rings. The molecule has 4 aromatic heterocycles. The summed E-state index contributed by atoms with van der Waals surface area (Å²) in [5, 5.41) is 17.0. The van der Waals surface area contributed by atoms with Gasteiger partial charge in [-0.1, -0.05) is 26.0 Å². The first kappa shape index (κ1) is 50.0. The number of rotatable bonds is 12. The minimum atomic E-state index is -0.639. The minimum Gasteiger partial charge on any atom is -0.383 e. The maximum absolute atomic E-state index is 13.4. The second-order valence-corrected chi connectivity index (χ2v) is 21.2. The van der Waals surface area contributed by atoms with Gasteiger partial charge in [0.25, 0.3) is 0 Å². The Morgan fingerprint density at radius 2 is 0.986 bits per heavy atom. The number of carbonyl (C=O) groups is 4. The van der Waals surface area contributed by atoms with Crippen molar-refractivity contribution in [2.45, 2.75) is 102 Å². The zero-order chi connectivity index (χ0) is 50.8. The van der Waals surface area contributed by atoms with E-state index in [1.54, 1.807) is 9.80 Å². The molecular weight excluding hydrogens is 909 g/mol. The van der Waals surface area contributed by atoms with Crippen molar-refractivity contribution in [3.05, 3.63) is 95.6 Å². The van der Waals surface area contributed by atoms with E-state index in [0.29, 0.717) is 59.8 Å². The van der Waals surface area contributed by atoms with Gasteiger partial charge in [-0.2, -0.15) is 10.2 Å². The van der Waals surface area contributed by atoms with Crippen molar-refractivity contribution in [1.82, 2.24) is 49.1 Å². The lowest BCUT2D eigenvalue weighted by Crippen LogP contribution is -2.46. The number of nitrogen functional groups attached to an aromatic ring is 2. The van der Waals surface area contributed by atoms with Gasteiger partial charge in [-0.25, -0.2) is 9.97 Å². The number of likely N-dealkylation sites (N-methyl/N-ethyl adjacent to an activating group) is 2. The summed E-state index contributed by atoms with van der Waals surface area (Å²) in [5.74, 6) is 0.139. The molecule has 4 amide bonds. The van der Waals surface area contributed by atoms with E-state index >= 15 is 0 Å². The van der Waals surface area contributed by atoms with Gasteiger partial charge in [0, 0.05) is 49.3 Å². The van der Waals surface area contributed by atoms with E-state index in [9.17, 15) is 19.2 Å². The number of amides is 4. The average molecular weight is 979 g/mol. The Bertz CT molecular complexity index is 2760. The molecule has 380 valence electrons. The Hall–Kier alpha value is -6.92. The number of anilines is 4. The molecule has 18 heteroatoms. The number of carbonyl (C=O) groups excluding carboxylic acids is 4. The monoisotopic (exact) mass is 979 g/mol. The number of hydrogen-bond donors (Lipinski definition) is 4. The largest absolute Gasteiger partial charge is 0.383 e. The molecule has 2 aromatic carbocycles. The quantitative estimate of drug-likeness (QED) is 0.0933. The lowest BCUT2D eigenvalue weighted by Gasteiger charge is -2.38. The van der Waals surface area contributed by atoms with Crippen LogP contribution in [0.3, 0.4) is 0 Å². The first-order valence-corrected chi connectivity index (χ1v) is 25.5. The normalized spacial score (nSPS) is 20.2. The fourth-order valence-electron chi connectivity index (χ4n) is 10.1. The van der Waals surface area contributed by atoms with Gasteiger partial charge < -0.3 is 41.7 Å². The standard InChI is InChI=1S/2C27H35N7O2/c2*1-17-4-9-24(19-7-8-23-20(12-19)16-33(31-23)11-10-32(2)3)34(15-17)27(36)26(35)30-21-13-22(18-5-6-18)25(28)29-14-21/h2*7-8,12-14,16-18,24H,4-6,9-11,15H2,1-3H3,(H2,28,29)(H,30,35)/t2*17-,24+/m10/s1. The molecule has 6 N–H and O–H groups in total. The minimum absolute atomic E-state index is 0.152. The molecule has 4 atom stereocenters. The highest BCUT2D eigenvalue weighted by atomic mass is 16.2. The average Bonchev–Trinajstić information content (AvgIpc) is 4.30. The topological polar surface area (TPSA) is 219 Å². The molecule has 18 nitrogen and oxygen atoms in total. The Balaban J connectivity index is 0.000000178. The van der Waals surface area contributed by atoms with Gasteiger partial charge in [-0.15, -0.1) is 0 Å². The molecule has 2 aliphatic carbocycles. The zero-order valence-corrected chi connectivity index (χ0v) is 42.6. The van der Waals surface area contributed by atoms with Gasteiger partial charge in [0.05, 0.1) is 60.0 Å². The van der Waals surface area contributed by atoms with E-state index in [4.69, 9.17) is 11.5 Å². The number of nitrogens with zero attached hydrogens (tertiary/aromatic N) is 10. The third-order valence-corrected chi connectivity index (χ3v) is 14.5. The highest BCUT2D eigenvalue weighted by Crippen LogP contribution is 2.44. The maximum atomic E-state index is 13.4. The summed E-state index contributed by atoms with van der Waals surface area (Å²) >= 11 is 0. The van der Waals surface area contributed by atoms with Crippen LogP contribution in [0.4, 0.5) is 23.0 Å². The van der Waals surface area contributed by atoms with E-state index in [0.717, 1.165) is 122 Å². The molecule has 6 heterocycles. The van der Waals surface area contributed by atoms with Crippen molar-refractivity contribution in [1.29, 1.82) is 0 Å². The second kappa shape index (κ2) is 21.4. The van der Waals surface area contributed by atoms with Crippen LogP contribution in [0.2, 0.25) is 0 Å². The third-order valence-electron chi connectivity index (χ3n) is 14.5. The first-order valence-electron chi connectivity index (χ1n) is 25.5. The van der Waals surface area contributed by atoms with Crippen LogP contribution in [0.5, 0.6) is 0 Å². The van der Waals surface area contributed by atoms with Crippen molar-refractivity contribution < 1.29 is 19.2 Å². The predicted molar refractivity (Wildman–Crippen MR) is 281 cm³/mol. The molecule has 2 saturated heterocycles. The maximum Gasteiger partial charge on any atom is 0.313 e. The van der Waals surface area contributed by atoms with Crippen LogP contribution in [-0.4, -0.2) is 127 Å². The Morgan fingerprint density at radius 3 is 1.36 bits per heavy atom. The van der Waals surface area contributed by atoms with Crippen LogP contribution in [0, 0.1) is 11.8 Å². The molecule has 10 rings (SSSR count). The summed E-state index contributed by atoms with van der Waals surface area (Å²) < 4.78 is 3.93. The molecule has 0 unspecified atom stereocenters. The molecule has 0 spiro atoms. The van der Waals surface area contributed by atoms with Crippen LogP contribution >= 0.6 is 0 Å². The van der Waals surface area contributed by atoms with E-state index in [1.165, 1.54) is 12.4 Å². The van der Waals surface area contributed by atoms with Gasteiger partial charge in [0.1, 0.15) is 11.6 Å². The van der Waals surface area contributed by atoms with Crippen molar-refractivity contribution in [2.24, 2.45) is 11.8 Å². The smallest absolute Gasteiger partial charge is 0.313 e. The number of aromatic nitrogens is 6. The highest BCUT2D eigenvalue weighted by Gasteiger charge is 2.37. The van der Waals surface area contributed by atoms with Crippen LogP contribution in [-0.2, 0) is 32.3 Å². The number of nitrogens with one attached hydrogen (secondary N) is 2. The molecular formula is C54H70N14O4. The summed E-state index contributed by atoms with van der Waals surface area (Å²) in [6.45, 7) is 8.77.